The number of benzene rings is 2. The van der Waals surface area contributed by atoms with Crippen LogP contribution in [0.5, 0.6) is 0 Å². The van der Waals surface area contributed by atoms with E-state index < -0.39 is 35.7 Å². The van der Waals surface area contributed by atoms with Crippen LogP contribution in [0.3, 0.4) is 0 Å². The number of hydrogen-bond acceptors (Lipinski definition) is 4. The minimum Gasteiger partial charge on any atom is -0.480 e. The number of rotatable bonds is 6. The minimum atomic E-state index is -1.20. The predicted octanol–water partition coefficient (Wildman–Crippen LogP) is 0.502. The van der Waals surface area contributed by atoms with Gasteiger partial charge in [0.25, 0.3) is 5.56 Å². The predicted molar refractivity (Wildman–Crippen MR) is 98.5 cm³/mol. The van der Waals surface area contributed by atoms with Crippen molar-refractivity contribution < 1.29 is 14.7 Å². The van der Waals surface area contributed by atoms with E-state index in [0.29, 0.717) is 5.52 Å². The molecule has 1 atom stereocenters. The summed E-state index contributed by atoms with van der Waals surface area (Å²) in [5.41, 5.74) is -0.231. The number of carboxylic acids is 1. The van der Waals surface area contributed by atoms with Gasteiger partial charge in [-0.1, -0.05) is 42.5 Å². The molecule has 3 aromatic rings. The molecule has 0 unspecified atom stereocenters. The lowest BCUT2D eigenvalue weighted by atomic mass is 10.1. The third kappa shape index (κ3) is 4.12. The number of carbonyl (C=O) groups excluding carboxylic acids is 1. The van der Waals surface area contributed by atoms with Crippen LogP contribution >= 0.6 is 0 Å². The fourth-order valence-electron chi connectivity index (χ4n) is 2.78. The van der Waals surface area contributed by atoms with E-state index in [4.69, 9.17) is 0 Å². The number of nitrogens with one attached hydrogen (secondary N) is 2. The summed E-state index contributed by atoms with van der Waals surface area (Å²) < 4.78 is 0.749. The van der Waals surface area contributed by atoms with Crippen molar-refractivity contribution in [3.8, 4) is 0 Å². The molecule has 1 aromatic heterocycles. The number of H-pyrrole nitrogens is 1. The molecule has 0 spiro atoms. The number of carboxylic acid groups (broad SMARTS) is 1. The zero-order valence-electron chi connectivity index (χ0n) is 14.2. The number of aliphatic carboxylic acids is 1. The van der Waals surface area contributed by atoms with Gasteiger partial charge in [0.15, 0.2) is 0 Å². The molecule has 0 radical (unpaired) electrons. The van der Waals surface area contributed by atoms with E-state index in [1.165, 1.54) is 6.07 Å². The van der Waals surface area contributed by atoms with E-state index in [2.05, 4.69) is 10.3 Å². The SMILES string of the molecule is O=C(Cn1c(=O)[nH]c2ccccc2c1=O)N[C@@H](Cc1ccccc1)C(=O)O. The van der Waals surface area contributed by atoms with Crippen LogP contribution < -0.4 is 16.6 Å². The molecule has 0 aliphatic carbocycles. The fourth-order valence-corrected chi connectivity index (χ4v) is 2.78. The number of carbonyl (C=O) groups is 2. The summed E-state index contributed by atoms with van der Waals surface area (Å²) in [6.45, 7) is -0.572. The second-order valence-corrected chi connectivity index (χ2v) is 6.02. The third-order valence-corrected chi connectivity index (χ3v) is 4.11. The van der Waals surface area contributed by atoms with Crippen molar-refractivity contribution in [1.82, 2.24) is 14.9 Å². The maximum atomic E-state index is 12.4. The number of hydrogen-bond donors (Lipinski definition) is 3. The van der Waals surface area contributed by atoms with Gasteiger partial charge in [-0.3, -0.25) is 14.2 Å². The fraction of sp³-hybridized carbons (Fsp3) is 0.158. The zero-order chi connectivity index (χ0) is 19.4. The maximum Gasteiger partial charge on any atom is 0.329 e. The van der Waals surface area contributed by atoms with Crippen molar-refractivity contribution in [2.75, 3.05) is 0 Å². The monoisotopic (exact) mass is 367 g/mol. The first kappa shape index (κ1) is 18.1. The van der Waals surface area contributed by atoms with Crippen LogP contribution in [0.2, 0.25) is 0 Å². The van der Waals surface area contributed by atoms with Gasteiger partial charge in [-0.05, 0) is 17.7 Å². The topological polar surface area (TPSA) is 121 Å². The summed E-state index contributed by atoms with van der Waals surface area (Å²) in [4.78, 5) is 50.8. The second kappa shape index (κ2) is 7.69. The highest BCUT2D eigenvalue weighted by molar-refractivity contribution is 5.84. The van der Waals surface area contributed by atoms with Crippen LogP contribution in [-0.4, -0.2) is 32.6 Å². The molecule has 1 heterocycles. The van der Waals surface area contributed by atoms with E-state index in [0.717, 1.165) is 10.1 Å². The van der Waals surface area contributed by atoms with Crippen molar-refractivity contribution in [3.63, 3.8) is 0 Å². The average Bonchev–Trinajstić information content (AvgIpc) is 2.65. The summed E-state index contributed by atoms with van der Waals surface area (Å²) in [6, 6.07) is 14.1. The number of aromatic amines is 1. The van der Waals surface area contributed by atoms with Crippen LogP contribution in [0.4, 0.5) is 0 Å². The van der Waals surface area contributed by atoms with Gasteiger partial charge in [0.1, 0.15) is 12.6 Å². The first-order valence-electron chi connectivity index (χ1n) is 8.23. The molecule has 3 rings (SSSR count). The van der Waals surface area contributed by atoms with E-state index in [1.54, 1.807) is 48.5 Å². The Morgan fingerprint density at radius 3 is 2.41 bits per heavy atom. The van der Waals surface area contributed by atoms with Crippen molar-refractivity contribution in [2.24, 2.45) is 0 Å². The van der Waals surface area contributed by atoms with Crippen molar-refractivity contribution in [3.05, 3.63) is 81.0 Å². The molecule has 0 saturated carbocycles. The lowest BCUT2D eigenvalue weighted by molar-refractivity contribution is -0.141. The summed E-state index contributed by atoms with van der Waals surface area (Å²) in [5, 5.41) is 12.0. The Bertz CT molecular complexity index is 1100. The lowest BCUT2D eigenvalue weighted by Gasteiger charge is -2.15. The summed E-state index contributed by atoms with van der Waals surface area (Å²) >= 11 is 0. The van der Waals surface area contributed by atoms with E-state index in [9.17, 15) is 24.3 Å². The molecule has 3 N–H and O–H groups in total. The number of amides is 1. The molecule has 0 aliphatic rings. The Labute approximate surface area is 153 Å². The molecular weight excluding hydrogens is 350 g/mol. The van der Waals surface area contributed by atoms with E-state index in [-0.39, 0.29) is 11.8 Å². The zero-order valence-corrected chi connectivity index (χ0v) is 14.2. The Morgan fingerprint density at radius 2 is 1.70 bits per heavy atom. The van der Waals surface area contributed by atoms with Crippen LogP contribution in [0.15, 0.2) is 64.2 Å². The molecule has 138 valence electrons. The van der Waals surface area contributed by atoms with Crippen molar-refractivity contribution in [1.29, 1.82) is 0 Å². The summed E-state index contributed by atoms with van der Waals surface area (Å²) in [6.07, 6.45) is 0.0882. The molecule has 0 fully saturated rings. The van der Waals surface area contributed by atoms with E-state index >= 15 is 0 Å². The number of fused-ring (bicyclic) bond motifs is 1. The van der Waals surface area contributed by atoms with Gasteiger partial charge in [-0.25, -0.2) is 9.59 Å². The molecular formula is C19H17N3O5. The maximum absolute atomic E-state index is 12.4. The van der Waals surface area contributed by atoms with Crippen LogP contribution in [-0.2, 0) is 22.6 Å². The second-order valence-electron chi connectivity index (χ2n) is 6.02. The first-order valence-corrected chi connectivity index (χ1v) is 8.23. The first-order chi connectivity index (χ1) is 13.0. The molecule has 8 heteroatoms. The standard InChI is InChI=1S/C19H17N3O5/c23-16(20-15(18(25)26)10-12-6-2-1-3-7-12)11-22-17(24)13-8-4-5-9-14(13)21-19(22)27/h1-9,15H,10-11H2,(H,20,23)(H,21,27)(H,25,26)/t15-/m0/s1. The smallest absolute Gasteiger partial charge is 0.329 e. The van der Waals surface area contributed by atoms with Gasteiger partial charge in [-0.15, -0.1) is 0 Å². The van der Waals surface area contributed by atoms with Crippen LogP contribution in [0.25, 0.3) is 10.9 Å². The highest BCUT2D eigenvalue weighted by Crippen LogP contribution is 2.04. The number of aromatic nitrogens is 2. The lowest BCUT2D eigenvalue weighted by Crippen LogP contribution is -2.46. The molecule has 1 amide bonds. The minimum absolute atomic E-state index is 0.0882. The molecule has 8 nitrogen and oxygen atoms in total. The van der Waals surface area contributed by atoms with Gasteiger partial charge in [0.05, 0.1) is 10.9 Å². The highest BCUT2D eigenvalue weighted by Gasteiger charge is 2.21. The summed E-state index contributed by atoms with van der Waals surface area (Å²) in [7, 11) is 0. The number of para-hydroxylation sites is 1. The molecule has 0 aliphatic heterocycles. The largest absolute Gasteiger partial charge is 0.480 e. The quantitative estimate of drug-likeness (QED) is 0.586. The Morgan fingerprint density at radius 1 is 1.04 bits per heavy atom. The third-order valence-electron chi connectivity index (χ3n) is 4.11. The van der Waals surface area contributed by atoms with Crippen molar-refractivity contribution in [2.45, 2.75) is 19.0 Å². The highest BCUT2D eigenvalue weighted by atomic mass is 16.4. The van der Waals surface area contributed by atoms with Crippen LogP contribution in [0, 0.1) is 0 Å². The Hall–Kier alpha value is -3.68. The average molecular weight is 367 g/mol. The van der Waals surface area contributed by atoms with Gasteiger partial charge in [-0.2, -0.15) is 0 Å². The van der Waals surface area contributed by atoms with Crippen molar-refractivity contribution >= 4 is 22.8 Å². The normalized spacial score (nSPS) is 11.9. The molecule has 0 saturated heterocycles. The number of nitrogens with zero attached hydrogens (tertiary/aromatic N) is 1. The Kier molecular flexibility index (Phi) is 5.16. The van der Waals surface area contributed by atoms with E-state index in [1.807, 2.05) is 0 Å². The van der Waals surface area contributed by atoms with Crippen LogP contribution in [0.1, 0.15) is 5.56 Å². The molecule has 0 bridgehead atoms. The molecule has 2 aromatic carbocycles. The Balaban J connectivity index is 1.80. The van der Waals surface area contributed by atoms with Gasteiger partial charge in [0.2, 0.25) is 5.91 Å². The summed E-state index contributed by atoms with van der Waals surface area (Å²) in [5.74, 6) is -1.94. The van der Waals surface area contributed by atoms with Gasteiger partial charge < -0.3 is 15.4 Å². The van der Waals surface area contributed by atoms with Gasteiger partial charge >= 0.3 is 11.7 Å². The van der Waals surface area contributed by atoms with Gasteiger partial charge in [0, 0.05) is 6.42 Å². The molecule has 27 heavy (non-hydrogen) atoms.